The minimum Gasteiger partial charge on any atom is -0.492 e. The second kappa shape index (κ2) is 8.99. The first-order valence-electron chi connectivity index (χ1n) is 9.69. The number of rotatable bonds is 7. The number of carbonyl (C=O) groups excluding carboxylic acids is 1. The highest BCUT2D eigenvalue weighted by molar-refractivity contribution is 5.93. The molecule has 0 spiro atoms. The molecule has 146 valence electrons. The van der Waals surface area contributed by atoms with Crippen molar-refractivity contribution >= 4 is 5.91 Å². The van der Waals surface area contributed by atoms with E-state index in [0.717, 1.165) is 37.4 Å². The van der Waals surface area contributed by atoms with Gasteiger partial charge in [-0.15, -0.1) is 5.10 Å². The van der Waals surface area contributed by atoms with Crippen LogP contribution in [0.4, 0.5) is 0 Å². The molecule has 1 aliphatic heterocycles. The molecule has 2 N–H and O–H groups in total. The van der Waals surface area contributed by atoms with Crippen LogP contribution in [0.2, 0.25) is 0 Å². The molecule has 1 fully saturated rings. The van der Waals surface area contributed by atoms with Gasteiger partial charge in [-0.3, -0.25) is 4.79 Å². The van der Waals surface area contributed by atoms with Crippen LogP contribution < -0.4 is 15.4 Å². The Balaban J connectivity index is 1.47. The summed E-state index contributed by atoms with van der Waals surface area (Å²) < 4.78 is 7.59. The Morgan fingerprint density at radius 3 is 2.67 bits per heavy atom. The van der Waals surface area contributed by atoms with E-state index in [1.807, 2.05) is 23.7 Å². The predicted octanol–water partition coefficient (Wildman–Crippen LogP) is 2.44. The molecule has 1 saturated heterocycles. The van der Waals surface area contributed by atoms with Crippen LogP contribution >= 0.6 is 0 Å². The lowest BCUT2D eigenvalue weighted by atomic mass is 10.0. The SMILES string of the molecule is Cc1c(C(=O)NCCOc2ccc(C(C)C)cc2)nnn1C1CCNCC1. The first-order valence-corrected chi connectivity index (χ1v) is 9.69. The molecule has 0 aliphatic carbocycles. The van der Waals surface area contributed by atoms with Crippen LogP contribution in [0.1, 0.15) is 60.4 Å². The maximum atomic E-state index is 12.4. The summed E-state index contributed by atoms with van der Waals surface area (Å²) in [5.41, 5.74) is 2.50. The summed E-state index contributed by atoms with van der Waals surface area (Å²) in [4.78, 5) is 12.4. The molecule has 1 aromatic heterocycles. The van der Waals surface area contributed by atoms with Gasteiger partial charge in [0.15, 0.2) is 5.69 Å². The normalized spacial score (nSPS) is 15.1. The van der Waals surface area contributed by atoms with Gasteiger partial charge in [0.1, 0.15) is 12.4 Å². The van der Waals surface area contributed by atoms with Gasteiger partial charge >= 0.3 is 0 Å². The number of nitrogens with one attached hydrogen (secondary N) is 2. The third-order valence-electron chi connectivity index (χ3n) is 5.00. The van der Waals surface area contributed by atoms with E-state index in [4.69, 9.17) is 4.74 Å². The highest BCUT2D eigenvalue weighted by Crippen LogP contribution is 2.20. The minimum atomic E-state index is -0.202. The number of carbonyl (C=O) groups is 1. The van der Waals surface area contributed by atoms with Gasteiger partial charge in [0, 0.05) is 0 Å². The van der Waals surface area contributed by atoms with Crippen LogP contribution in [-0.4, -0.2) is 47.1 Å². The highest BCUT2D eigenvalue weighted by atomic mass is 16.5. The molecule has 1 aliphatic rings. The molecule has 7 nitrogen and oxygen atoms in total. The van der Waals surface area contributed by atoms with Crippen molar-refractivity contribution in [3.63, 3.8) is 0 Å². The maximum absolute atomic E-state index is 12.4. The maximum Gasteiger partial charge on any atom is 0.273 e. The van der Waals surface area contributed by atoms with Crippen molar-refractivity contribution in [3.8, 4) is 5.75 Å². The Morgan fingerprint density at radius 1 is 1.30 bits per heavy atom. The molecule has 0 radical (unpaired) electrons. The van der Waals surface area contributed by atoms with Gasteiger partial charge in [-0.25, -0.2) is 4.68 Å². The van der Waals surface area contributed by atoms with Crippen molar-refractivity contribution < 1.29 is 9.53 Å². The summed E-state index contributed by atoms with van der Waals surface area (Å²) in [6.07, 6.45) is 2.02. The van der Waals surface area contributed by atoms with Crippen molar-refractivity contribution in [2.75, 3.05) is 26.2 Å². The first-order chi connectivity index (χ1) is 13.1. The van der Waals surface area contributed by atoms with Crippen LogP contribution in [0, 0.1) is 6.92 Å². The number of nitrogens with zero attached hydrogens (tertiary/aromatic N) is 3. The molecule has 0 atom stereocenters. The topological polar surface area (TPSA) is 81.1 Å². The van der Waals surface area contributed by atoms with Crippen molar-refractivity contribution in [3.05, 3.63) is 41.2 Å². The quantitative estimate of drug-likeness (QED) is 0.731. The summed E-state index contributed by atoms with van der Waals surface area (Å²) in [7, 11) is 0. The molecule has 2 heterocycles. The van der Waals surface area contributed by atoms with Gasteiger partial charge in [0.05, 0.1) is 18.3 Å². The van der Waals surface area contributed by atoms with Crippen LogP contribution in [-0.2, 0) is 0 Å². The molecule has 2 aromatic rings. The number of hydrogen-bond acceptors (Lipinski definition) is 5. The first kappa shape index (κ1) is 19.4. The summed E-state index contributed by atoms with van der Waals surface area (Å²) in [5, 5.41) is 14.5. The van der Waals surface area contributed by atoms with Gasteiger partial charge in [0.25, 0.3) is 5.91 Å². The highest BCUT2D eigenvalue weighted by Gasteiger charge is 2.22. The third kappa shape index (κ3) is 4.86. The summed E-state index contributed by atoms with van der Waals surface area (Å²) in [5.74, 6) is 1.10. The monoisotopic (exact) mass is 371 g/mol. The Hall–Kier alpha value is -2.41. The van der Waals surface area contributed by atoms with E-state index in [0.29, 0.717) is 30.8 Å². The molecular weight excluding hydrogens is 342 g/mol. The second-order valence-electron chi connectivity index (χ2n) is 7.28. The molecule has 0 unspecified atom stereocenters. The fraction of sp³-hybridized carbons (Fsp3) is 0.550. The van der Waals surface area contributed by atoms with E-state index in [1.165, 1.54) is 5.56 Å². The smallest absolute Gasteiger partial charge is 0.273 e. The van der Waals surface area contributed by atoms with Gasteiger partial charge in [0.2, 0.25) is 0 Å². The van der Waals surface area contributed by atoms with Crippen molar-refractivity contribution in [2.45, 2.75) is 45.6 Å². The lowest BCUT2D eigenvalue weighted by Gasteiger charge is -2.23. The number of hydrogen-bond donors (Lipinski definition) is 2. The average Bonchev–Trinajstić information content (AvgIpc) is 3.07. The van der Waals surface area contributed by atoms with E-state index in [9.17, 15) is 4.79 Å². The number of benzene rings is 1. The number of aromatic nitrogens is 3. The van der Waals surface area contributed by atoms with Crippen molar-refractivity contribution in [2.24, 2.45) is 0 Å². The summed E-state index contributed by atoms with van der Waals surface area (Å²) in [6.45, 7) is 9.01. The van der Waals surface area contributed by atoms with Crippen molar-refractivity contribution in [1.82, 2.24) is 25.6 Å². The standard InChI is InChI=1S/C20H29N5O2/c1-14(2)16-4-6-18(7-5-16)27-13-12-22-20(26)19-15(3)25(24-23-19)17-8-10-21-11-9-17/h4-7,14,17,21H,8-13H2,1-3H3,(H,22,26). The summed E-state index contributed by atoms with van der Waals surface area (Å²) in [6, 6.07) is 8.39. The summed E-state index contributed by atoms with van der Waals surface area (Å²) >= 11 is 0. The Morgan fingerprint density at radius 2 is 2.00 bits per heavy atom. The van der Waals surface area contributed by atoms with Gasteiger partial charge in [-0.1, -0.05) is 31.2 Å². The molecule has 0 bridgehead atoms. The molecule has 0 saturated carbocycles. The van der Waals surface area contributed by atoms with E-state index >= 15 is 0 Å². The largest absolute Gasteiger partial charge is 0.492 e. The molecule has 1 aromatic carbocycles. The lowest BCUT2D eigenvalue weighted by molar-refractivity contribution is 0.0941. The minimum absolute atomic E-state index is 0.202. The number of piperidine rings is 1. The Kier molecular flexibility index (Phi) is 6.45. The molecule has 27 heavy (non-hydrogen) atoms. The van der Waals surface area contributed by atoms with Crippen LogP contribution in [0.15, 0.2) is 24.3 Å². The van der Waals surface area contributed by atoms with Gasteiger partial charge in [-0.05, 0) is 56.5 Å². The van der Waals surface area contributed by atoms with E-state index in [-0.39, 0.29) is 5.91 Å². The zero-order valence-electron chi connectivity index (χ0n) is 16.4. The number of ether oxygens (including phenoxy) is 1. The van der Waals surface area contributed by atoms with Gasteiger partial charge in [-0.2, -0.15) is 0 Å². The van der Waals surface area contributed by atoms with E-state index in [1.54, 1.807) is 0 Å². The van der Waals surface area contributed by atoms with Gasteiger partial charge < -0.3 is 15.4 Å². The lowest BCUT2D eigenvalue weighted by Crippen LogP contribution is -2.31. The second-order valence-corrected chi connectivity index (χ2v) is 7.28. The van der Waals surface area contributed by atoms with Crippen LogP contribution in [0.3, 0.4) is 0 Å². The van der Waals surface area contributed by atoms with E-state index in [2.05, 4.69) is 46.9 Å². The zero-order valence-corrected chi connectivity index (χ0v) is 16.4. The molecule has 7 heteroatoms. The molecule has 1 amide bonds. The average molecular weight is 371 g/mol. The zero-order chi connectivity index (χ0) is 19.2. The fourth-order valence-corrected chi connectivity index (χ4v) is 3.31. The van der Waals surface area contributed by atoms with Crippen LogP contribution in [0.5, 0.6) is 5.75 Å². The van der Waals surface area contributed by atoms with Crippen molar-refractivity contribution in [1.29, 1.82) is 0 Å². The molecule has 3 rings (SSSR count). The predicted molar refractivity (Wildman–Crippen MR) is 104 cm³/mol. The van der Waals surface area contributed by atoms with Crippen LogP contribution in [0.25, 0.3) is 0 Å². The molecular formula is C20H29N5O2. The fourth-order valence-electron chi connectivity index (χ4n) is 3.31. The third-order valence-corrected chi connectivity index (χ3v) is 5.00. The van der Waals surface area contributed by atoms with E-state index < -0.39 is 0 Å². The number of amides is 1. The Bertz CT molecular complexity index is 748. The Labute approximate surface area is 160 Å².